The van der Waals surface area contributed by atoms with Crippen LogP contribution in [-0.4, -0.2) is 29.0 Å². The zero-order valence-corrected chi connectivity index (χ0v) is 12.7. The van der Waals surface area contributed by atoms with Crippen LogP contribution in [0.5, 0.6) is 11.5 Å². The van der Waals surface area contributed by atoms with Crippen molar-refractivity contribution in [2.45, 2.75) is 13.5 Å². The van der Waals surface area contributed by atoms with E-state index < -0.39 is 0 Å². The predicted octanol–water partition coefficient (Wildman–Crippen LogP) is 2.43. The Hall–Kier alpha value is -2.76. The third-order valence-electron chi connectivity index (χ3n) is 3.74. The van der Waals surface area contributed by atoms with Crippen molar-refractivity contribution in [3.8, 4) is 22.6 Å². The van der Waals surface area contributed by atoms with Crippen LogP contribution in [0, 0.1) is 0 Å². The van der Waals surface area contributed by atoms with Gasteiger partial charge >= 0.3 is 0 Å². The molecular weight excluding hydrogens is 282 g/mol. The summed E-state index contributed by atoms with van der Waals surface area (Å²) in [6.45, 7) is 2.53. The summed E-state index contributed by atoms with van der Waals surface area (Å²) in [7, 11) is 3.14. The molecule has 2 heterocycles. The van der Waals surface area contributed by atoms with Crippen molar-refractivity contribution in [2.75, 3.05) is 14.2 Å². The van der Waals surface area contributed by atoms with Gasteiger partial charge in [0.05, 0.1) is 25.8 Å². The molecular formula is C16H17N3O3. The minimum absolute atomic E-state index is 0.0503. The average molecular weight is 299 g/mol. The Balaban J connectivity index is 2.44. The van der Waals surface area contributed by atoms with Crippen LogP contribution in [0.1, 0.15) is 6.92 Å². The summed E-state index contributed by atoms with van der Waals surface area (Å²) < 4.78 is 12.3. The topological polar surface area (TPSA) is 69.1 Å². The third-order valence-corrected chi connectivity index (χ3v) is 3.74. The van der Waals surface area contributed by atoms with Crippen LogP contribution < -0.4 is 15.0 Å². The zero-order valence-electron chi connectivity index (χ0n) is 12.7. The standard InChI is InChI=1S/C16H17N3O3/c1-4-19-9-13(10-7-17-18-8-10)11-5-14(21-2)15(22-3)6-12(11)16(19)20/h5-9H,4H2,1-3H3,(H,17,18). The Kier molecular flexibility index (Phi) is 3.58. The maximum atomic E-state index is 12.6. The van der Waals surface area contributed by atoms with Crippen molar-refractivity contribution in [1.29, 1.82) is 0 Å². The molecule has 114 valence electrons. The molecule has 0 bridgehead atoms. The second-order valence-corrected chi connectivity index (χ2v) is 4.87. The number of pyridine rings is 1. The van der Waals surface area contributed by atoms with Crippen molar-refractivity contribution in [3.63, 3.8) is 0 Å². The highest BCUT2D eigenvalue weighted by Crippen LogP contribution is 2.35. The molecule has 1 N–H and O–H groups in total. The molecule has 0 fully saturated rings. The highest BCUT2D eigenvalue weighted by molar-refractivity contribution is 5.97. The van der Waals surface area contributed by atoms with Crippen molar-refractivity contribution >= 4 is 10.8 Å². The Morgan fingerprint density at radius 1 is 1.18 bits per heavy atom. The smallest absolute Gasteiger partial charge is 0.258 e. The first-order chi connectivity index (χ1) is 10.7. The van der Waals surface area contributed by atoms with Crippen LogP contribution in [0.3, 0.4) is 0 Å². The van der Waals surface area contributed by atoms with Crippen LogP contribution in [-0.2, 0) is 6.54 Å². The lowest BCUT2D eigenvalue weighted by atomic mass is 10.0. The van der Waals surface area contributed by atoms with Crippen molar-refractivity contribution < 1.29 is 9.47 Å². The molecule has 6 nitrogen and oxygen atoms in total. The summed E-state index contributed by atoms with van der Waals surface area (Å²) in [5.41, 5.74) is 1.79. The van der Waals surface area contributed by atoms with Crippen LogP contribution in [0.25, 0.3) is 21.9 Å². The second kappa shape index (κ2) is 5.55. The highest BCUT2D eigenvalue weighted by atomic mass is 16.5. The molecule has 0 unspecified atom stereocenters. The molecule has 3 aromatic rings. The fourth-order valence-electron chi connectivity index (χ4n) is 2.58. The summed E-state index contributed by atoms with van der Waals surface area (Å²) in [6, 6.07) is 3.56. The van der Waals surface area contributed by atoms with Crippen LogP contribution in [0.2, 0.25) is 0 Å². The number of nitrogens with one attached hydrogen (secondary N) is 1. The first-order valence-corrected chi connectivity index (χ1v) is 6.98. The quantitative estimate of drug-likeness (QED) is 0.803. The van der Waals surface area contributed by atoms with E-state index in [2.05, 4.69) is 10.2 Å². The van der Waals surface area contributed by atoms with Gasteiger partial charge in [0, 0.05) is 35.5 Å². The van der Waals surface area contributed by atoms with Gasteiger partial charge in [-0.05, 0) is 19.1 Å². The lowest BCUT2D eigenvalue weighted by Gasteiger charge is -2.13. The summed E-state index contributed by atoms with van der Waals surface area (Å²) in [5, 5.41) is 8.20. The molecule has 0 atom stereocenters. The largest absolute Gasteiger partial charge is 0.493 e. The van der Waals surface area contributed by atoms with Crippen molar-refractivity contribution in [1.82, 2.24) is 14.8 Å². The van der Waals surface area contributed by atoms with E-state index in [-0.39, 0.29) is 5.56 Å². The fourth-order valence-corrected chi connectivity index (χ4v) is 2.58. The molecule has 22 heavy (non-hydrogen) atoms. The first kappa shape index (κ1) is 14.2. The number of fused-ring (bicyclic) bond motifs is 1. The molecule has 2 aromatic heterocycles. The molecule has 1 aromatic carbocycles. The Labute approximate surface area is 127 Å². The van der Waals surface area contributed by atoms with E-state index in [0.29, 0.717) is 23.4 Å². The SMILES string of the molecule is CCn1cc(-c2cn[nH]c2)c2cc(OC)c(OC)cc2c1=O. The van der Waals surface area contributed by atoms with Gasteiger partial charge in [-0.25, -0.2) is 0 Å². The number of hydrogen-bond donors (Lipinski definition) is 1. The third kappa shape index (κ3) is 2.13. The number of ether oxygens (including phenoxy) is 2. The first-order valence-electron chi connectivity index (χ1n) is 6.98. The maximum absolute atomic E-state index is 12.6. The summed E-state index contributed by atoms with van der Waals surface area (Å²) >= 11 is 0. The molecule has 0 amide bonds. The Morgan fingerprint density at radius 2 is 1.86 bits per heavy atom. The number of methoxy groups -OCH3 is 2. The van der Waals surface area contributed by atoms with E-state index in [4.69, 9.17) is 9.47 Å². The number of aromatic nitrogens is 3. The molecule has 0 radical (unpaired) electrons. The van der Waals surface area contributed by atoms with E-state index in [1.165, 1.54) is 0 Å². The van der Waals surface area contributed by atoms with E-state index in [9.17, 15) is 4.79 Å². The van der Waals surface area contributed by atoms with Gasteiger partial charge in [-0.3, -0.25) is 9.89 Å². The summed E-state index contributed by atoms with van der Waals surface area (Å²) in [4.78, 5) is 12.6. The molecule has 0 spiro atoms. The van der Waals surface area contributed by atoms with Gasteiger partial charge < -0.3 is 14.0 Å². The number of aryl methyl sites for hydroxylation is 1. The monoisotopic (exact) mass is 299 g/mol. The minimum atomic E-state index is -0.0503. The molecule has 0 aliphatic rings. The van der Waals surface area contributed by atoms with Crippen LogP contribution in [0.15, 0.2) is 35.5 Å². The van der Waals surface area contributed by atoms with Gasteiger partial charge in [-0.2, -0.15) is 5.10 Å². The molecule has 0 aliphatic heterocycles. The Morgan fingerprint density at radius 3 is 2.41 bits per heavy atom. The molecule has 6 heteroatoms. The number of aromatic amines is 1. The van der Waals surface area contributed by atoms with E-state index in [1.807, 2.05) is 19.2 Å². The number of hydrogen-bond acceptors (Lipinski definition) is 4. The summed E-state index contributed by atoms with van der Waals surface area (Å²) in [6.07, 6.45) is 5.38. The lowest BCUT2D eigenvalue weighted by Crippen LogP contribution is -2.19. The minimum Gasteiger partial charge on any atom is -0.493 e. The highest BCUT2D eigenvalue weighted by Gasteiger charge is 2.15. The lowest BCUT2D eigenvalue weighted by molar-refractivity contribution is 0.356. The van der Waals surface area contributed by atoms with E-state index >= 15 is 0 Å². The fraction of sp³-hybridized carbons (Fsp3) is 0.250. The molecule has 0 saturated heterocycles. The van der Waals surface area contributed by atoms with Gasteiger partial charge in [0.25, 0.3) is 5.56 Å². The number of nitrogens with zero attached hydrogens (tertiary/aromatic N) is 2. The molecule has 3 rings (SSSR count). The maximum Gasteiger partial charge on any atom is 0.258 e. The van der Waals surface area contributed by atoms with Gasteiger partial charge in [0.2, 0.25) is 0 Å². The molecule has 0 aliphatic carbocycles. The van der Waals surface area contributed by atoms with Gasteiger partial charge in [-0.1, -0.05) is 0 Å². The van der Waals surface area contributed by atoms with Gasteiger partial charge in [0.15, 0.2) is 11.5 Å². The van der Waals surface area contributed by atoms with Gasteiger partial charge in [-0.15, -0.1) is 0 Å². The Bertz CT molecular complexity index is 866. The normalized spacial score (nSPS) is 10.9. The van der Waals surface area contributed by atoms with Crippen molar-refractivity contribution in [2.24, 2.45) is 0 Å². The second-order valence-electron chi connectivity index (χ2n) is 4.87. The zero-order chi connectivity index (χ0) is 15.7. The molecule has 0 saturated carbocycles. The number of H-pyrrole nitrogens is 1. The number of rotatable bonds is 4. The van der Waals surface area contributed by atoms with E-state index in [0.717, 1.165) is 16.5 Å². The van der Waals surface area contributed by atoms with Crippen LogP contribution >= 0.6 is 0 Å². The van der Waals surface area contributed by atoms with Crippen LogP contribution in [0.4, 0.5) is 0 Å². The summed E-state index contributed by atoms with van der Waals surface area (Å²) in [5.74, 6) is 1.13. The van der Waals surface area contributed by atoms with E-state index in [1.54, 1.807) is 37.2 Å². The van der Waals surface area contributed by atoms with Crippen molar-refractivity contribution in [3.05, 3.63) is 41.1 Å². The van der Waals surface area contributed by atoms with Gasteiger partial charge in [0.1, 0.15) is 0 Å². The average Bonchev–Trinajstić information content (AvgIpc) is 3.08. The number of benzene rings is 1. The predicted molar refractivity (Wildman–Crippen MR) is 84.6 cm³/mol.